The van der Waals surface area contributed by atoms with Gasteiger partial charge in [-0.1, -0.05) is 216 Å². The first-order chi connectivity index (χ1) is 31.0. The molecule has 0 heterocycles. The van der Waals surface area contributed by atoms with Crippen molar-refractivity contribution >= 4 is 17.9 Å². The largest absolute Gasteiger partial charge is 0.462 e. The lowest BCUT2D eigenvalue weighted by Crippen LogP contribution is -2.30. The summed E-state index contributed by atoms with van der Waals surface area (Å²) in [6.45, 7) is 6.48. The molecule has 0 N–H and O–H groups in total. The SMILES string of the molecule is CC/C=C\C/C=C\C/C=C\C/C=C\C/C=C\CCCCCC(=O)OC[C@H](COC(=O)CCCCCCCCCCCCC)OC(=O)CCCCCCC/C=C\CCCCCCCC. The Morgan fingerprint density at radius 1 is 0.333 bits per heavy atom. The minimum atomic E-state index is -0.791. The van der Waals surface area contributed by atoms with Crippen LogP contribution in [0.5, 0.6) is 0 Å². The summed E-state index contributed by atoms with van der Waals surface area (Å²) in [4.78, 5) is 38.0. The number of ether oxygens (including phenoxy) is 3. The minimum absolute atomic E-state index is 0.0878. The molecule has 0 aromatic carbocycles. The van der Waals surface area contributed by atoms with Gasteiger partial charge in [-0.2, -0.15) is 0 Å². The molecule has 0 aromatic rings. The molecule has 1 atom stereocenters. The van der Waals surface area contributed by atoms with Crippen LogP contribution in [0.2, 0.25) is 0 Å². The molecule has 0 amide bonds. The molecule has 0 aromatic heterocycles. The Morgan fingerprint density at radius 2 is 0.619 bits per heavy atom. The summed E-state index contributed by atoms with van der Waals surface area (Å²) in [5.74, 6) is -0.927. The lowest BCUT2D eigenvalue weighted by molar-refractivity contribution is -0.167. The zero-order valence-corrected chi connectivity index (χ0v) is 41.3. The molecule has 0 aliphatic carbocycles. The smallest absolute Gasteiger partial charge is 0.306 e. The summed E-state index contributed by atoms with van der Waals surface area (Å²) < 4.78 is 16.8. The van der Waals surface area contributed by atoms with E-state index in [1.165, 1.54) is 103 Å². The second-order valence-electron chi connectivity index (χ2n) is 17.4. The lowest BCUT2D eigenvalue weighted by Gasteiger charge is -2.18. The van der Waals surface area contributed by atoms with Crippen LogP contribution >= 0.6 is 0 Å². The predicted octanol–water partition coefficient (Wildman–Crippen LogP) is 17.4. The Morgan fingerprint density at radius 3 is 1.00 bits per heavy atom. The second kappa shape index (κ2) is 51.5. The summed E-state index contributed by atoms with van der Waals surface area (Å²) in [7, 11) is 0. The summed E-state index contributed by atoms with van der Waals surface area (Å²) >= 11 is 0. The molecule has 0 unspecified atom stereocenters. The highest BCUT2D eigenvalue weighted by molar-refractivity contribution is 5.71. The van der Waals surface area contributed by atoms with Crippen LogP contribution in [0.15, 0.2) is 72.9 Å². The monoisotopic (exact) mass is 879 g/mol. The molecule has 0 saturated carbocycles. The van der Waals surface area contributed by atoms with E-state index < -0.39 is 6.10 Å². The van der Waals surface area contributed by atoms with Gasteiger partial charge in [0.25, 0.3) is 0 Å². The number of allylic oxidation sites excluding steroid dienone is 12. The Labute approximate surface area is 389 Å². The normalized spacial score (nSPS) is 12.6. The molecule has 0 radical (unpaired) electrons. The van der Waals surface area contributed by atoms with Crippen molar-refractivity contribution in [2.24, 2.45) is 0 Å². The Balaban J connectivity index is 4.43. The number of carbonyl (C=O) groups is 3. The summed E-state index contributed by atoms with van der Waals surface area (Å²) in [6.07, 6.45) is 64.5. The zero-order valence-electron chi connectivity index (χ0n) is 41.3. The van der Waals surface area contributed by atoms with Crippen LogP contribution in [0, 0.1) is 0 Å². The maximum atomic E-state index is 12.8. The van der Waals surface area contributed by atoms with Crippen LogP contribution in [0.4, 0.5) is 0 Å². The maximum absolute atomic E-state index is 12.8. The van der Waals surface area contributed by atoms with E-state index in [0.717, 1.165) is 109 Å². The molecule has 0 rings (SSSR count). The van der Waals surface area contributed by atoms with E-state index in [9.17, 15) is 14.4 Å². The predicted molar refractivity (Wildman–Crippen MR) is 270 cm³/mol. The van der Waals surface area contributed by atoms with Gasteiger partial charge < -0.3 is 14.2 Å². The Kier molecular flexibility index (Phi) is 48.9. The number of esters is 3. The number of hydrogen-bond donors (Lipinski definition) is 0. The van der Waals surface area contributed by atoms with Crippen molar-refractivity contribution in [1.29, 1.82) is 0 Å². The number of unbranched alkanes of at least 4 members (excludes halogenated alkanes) is 24. The van der Waals surface area contributed by atoms with Crippen LogP contribution in [0.3, 0.4) is 0 Å². The first-order valence-corrected chi connectivity index (χ1v) is 26.4. The second-order valence-corrected chi connectivity index (χ2v) is 17.4. The summed E-state index contributed by atoms with van der Waals surface area (Å²) in [6, 6.07) is 0. The molecule has 0 spiro atoms. The number of hydrogen-bond acceptors (Lipinski definition) is 6. The Hall–Kier alpha value is -3.15. The van der Waals surface area contributed by atoms with Crippen LogP contribution in [0.25, 0.3) is 0 Å². The maximum Gasteiger partial charge on any atom is 0.306 e. The molecule has 0 fully saturated rings. The van der Waals surface area contributed by atoms with Gasteiger partial charge >= 0.3 is 17.9 Å². The third-order valence-corrected chi connectivity index (χ3v) is 11.2. The highest BCUT2D eigenvalue weighted by Gasteiger charge is 2.19. The highest BCUT2D eigenvalue weighted by atomic mass is 16.6. The summed E-state index contributed by atoms with van der Waals surface area (Å²) in [5, 5.41) is 0. The third kappa shape index (κ3) is 49.7. The zero-order chi connectivity index (χ0) is 45.8. The average molecular weight is 879 g/mol. The van der Waals surface area contributed by atoms with Gasteiger partial charge in [0.15, 0.2) is 6.10 Å². The van der Waals surface area contributed by atoms with Gasteiger partial charge in [0.1, 0.15) is 13.2 Å². The van der Waals surface area contributed by atoms with Crippen molar-refractivity contribution in [2.45, 2.75) is 258 Å². The van der Waals surface area contributed by atoms with Gasteiger partial charge in [0, 0.05) is 19.3 Å². The van der Waals surface area contributed by atoms with Gasteiger partial charge in [0.2, 0.25) is 0 Å². The van der Waals surface area contributed by atoms with E-state index in [-0.39, 0.29) is 31.1 Å². The van der Waals surface area contributed by atoms with Crippen LogP contribution in [0.1, 0.15) is 252 Å². The molecular formula is C57H98O6. The molecule has 0 bridgehead atoms. The quantitative estimate of drug-likeness (QED) is 0.0262. The van der Waals surface area contributed by atoms with E-state index in [0.29, 0.717) is 19.3 Å². The third-order valence-electron chi connectivity index (χ3n) is 11.2. The molecule has 0 saturated heterocycles. The van der Waals surface area contributed by atoms with Crippen LogP contribution < -0.4 is 0 Å². The van der Waals surface area contributed by atoms with Gasteiger partial charge in [-0.3, -0.25) is 14.4 Å². The molecule has 362 valence electrons. The van der Waals surface area contributed by atoms with Crippen molar-refractivity contribution in [1.82, 2.24) is 0 Å². The molecule has 6 nitrogen and oxygen atoms in total. The molecule has 0 aliphatic rings. The fourth-order valence-electron chi connectivity index (χ4n) is 7.23. The van der Waals surface area contributed by atoms with E-state index in [1.54, 1.807) is 0 Å². The van der Waals surface area contributed by atoms with Gasteiger partial charge in [-0.15, -0.1) is 0 Å². The van der Waals surface area contributed by atoms with Crippen LogP contribution in [-0.4, -0.2) is 37.2 Å². The standard InChI is InChI=1S/C57H98O6/c1-4-7-10-13-16-19-22-24-26-27-28-29-31-32-35-38-41-44-47-50-56(59)62-53-54(52-61-55(58)49-46-43-40-37-34-21-18-15-12-9-6-3)63-57(60)51-48-45-42-39-36-33-30-25-23-20-17-14-11-8-5-2/h7,10,16,19,24-26,28-30,32,35,54H,4-6,8-9,11-15,17-18,20-23,27,31,33-34,36-53H2,1-3H3/b10-7-,19-16-,26-24-,29-28-,30-25-,35-32-/t54-/m0/s1. The average Bonchev–Trinajstić information content (AvgIpc) is 3.28. The highest BCUT2D eigenvalue weighted by Crippen LogP contribution is 2.14. The van der Waals surface area contributed by atoms with Gasteiger partial charge in [-0.25, -0.2) is 0 Å². The molecule has 0 aliphatic heterocycles. The number of carbonyl (C=O) groups excluding carboxylic acids is 3. The molecular weight excluding hydrogens is 781 g/mol. The molecule has 6 heteroatoms. The van der Waals surface area contributed by atoms with Gasteiger partial charge in [-0.05, 0) is 89.9 Å². The van der Waals surface area contributed by atoms with E-state index >= 15 is 0 Å². The fraction of sp³-hybridized carbons (Fsp3) is 0.737. The van der Waals surface area contributed by atoms with Crippen LogP contribution in [-0.2, 0) is 28.6 Å². The van der Waals surface area contributed by atoms with E-state index in [2.05, 4.69) is 93.7 Å². The van der Waals surface area contributed by atoms with Crippen molar-refractivity contribution in [3.63, 3.8) is 0 Å². The van der Waals surface area contributed by atoms with Crippen molar-refractivity contribution in [2.75, 3.05) is 13.2 Å². The van der Waals surface area contributed by atoms with Crippen molar-refractivity contribution in [3.8, 4) is 0 Å². The minimum Gasteiger partial charge on any atom is -0.462 e. The summed E-state index contributed by atoms with van der Waals surface area (Å²) in [5.41, 5.74) is 0. The van der Waals surface area contributed by atoms with E-state index in [4.69, 9.17) is 14.2 Å². The Bertz CT molecular complexity index is 1190. The fourth-order valence-corrected chi connectivity index (χ4v) is 7.23. The van der Waals surface area contributed by atoms with E-state index in [1.807, 2.05) is 0 Å². The van der Waals surface area contributed by atoms with Crippen molar-refractivity contribution in [3.05, 3.63) is 72.9 Å². The number of rotatable bonds is 47. The van der Waals surface area contributed by atoms with Crippen molar-refractivity contribution < 1.29 is 28.6 Å². The lowest BCUT2D eigenvalue weighted by atomic mass is 10.1. The first-order valence-electron chi connectivity index (χ1n) is 26.4. The van der Waals surface area contributed by atoms with Gasteiger partial charge in [0.05, 0.1) is 0 Å². The molecule has 63 heavy (non-hydrogen) atoms. The first kappa shape index (κ1) is 59.9. The topological polar surface area (TPSA) is 78.9 Å².